The lowest BCUT2D eigenvalue weighted by Gasteiger charge is -2.25. The number of hydrogen-bond acceptors (Lipinski definition) is 6. The molecule has 1 saturated heterocycles. The van der Waals surface area contributed by atoms with E-state index in [1.165, 1.54) is 18.1 Å². The zero-order chi connectivity index (χ0) is 24.2. The molecule has 0 aliphatic carbocycles. The summed E-state index contributed by atoms with van der Waals surface area (Å²) in [4.78, 5) is 31.8. The molecule has 0 saturated carbocycles. The SMILES string of the molecule is COc1cccc(C2/C(=C(\O)c3ccc(OC)c(Cl)c3)C(=O)C(=O)N2CCCn2ccnc2)c1. The first-order valence-corrected chi connectivity index (χ1v) is 11.0. The number of rotatable bonds is 8. The van der Waals surface area contributed by atoms with E-state index in [0.29, 0.717) is 42.1 Å². The summed E-state index contributed by atoms with van der Waals surface area (Å²) in [5.74, 6) is -0.705. The van der Waals surface area contributed by atoms with Crippen LogP contribution in [0.4, 0.5) is 0 Å². The molecule has 0 bridgehead atoms. The lowest BCUT2D eigenvalue weighted by Crippen LogP contribution is -2.31. The number of aryl methyl sites for hydroxylation is 1. The highest BCUT2D eigenvalue weighted by Crippen LogP contribution is 2.41. The van der Waals surface area contributed by atoms with E-state index in [0.717, 1.165) is 0 Å². The smallest absolute Gasteiger partial charge is 0.295 e. The molecule has 0 radical (unpaired) electrons. The van der Waals surface area contributed by atoms with E-state index >= 15 is 0 Å². The topological polar surface area (TPSA) is 93.9 Å². The average Bonchev–Trinajstić information content (AvgIpc) is 3.46. The highest BCUT2D eigenvalue weighted by molar-refractivity contribution is 6.46. The van der Waals surface area contributed by atoms with Crippen molar-refractivity contribution in [3.05, 3.63) is 82.9 Å². The third-order valence-electron chi connectivity index (χ3n) is 5.75. The average molecular weight is 482 g/mol. The second-order valence-corrected chi connectivity index (χ2v) is 8.18. The van der Waals surface area contributed by atoms with Gasteiger partial charge in [-0.25, -0.2) is 4.98 Å². The fourth-order valence-corrected chi connectivity index (χ4v) is 4.34. The molecule has 1 aliphatic heterocycles. The Morgan fingerprint density at radius 3 is 2.62 bits per heavy atom. The second-order valence-electron chi connectivity index (χ2n) is 7.77. The highest BCUT2D eigenvalue weighted by atomic mass is 35.5. The van der Waals surface area contributed by atoms with Crippen molar-refractivity contribution in [3.8, 4) is 11.5 Å². The molecule has 9 heteroatoms. The zero-order valence-electron chi connectivity index (χ0n) is 18.8. The molecule has 1 aliphatic rings. The predicted molar refractivity (Wildman–Crippen MR) is 127 cm³/mol. The summed E-state index contributed by atoms with van der Waals surface area (Å²) in [5, 5.41) is 11.5. The van der Waals surface area contributed by atoms with Crippen LogP contribution in [0.5, 0.6) is 11.5 Å². The van der Waals surface area contributed by atoms with Crippen LogP contribution < -0.4 is 9.47 Å². The van der Waals surface area contributed by atoms with Gasteiger partial charge in [0.05, 0.1) is 37.2 Å². The first kappa shape index (κ1) is 23.4. The number of carbonyl (C=O) groups excluding carboxylic acids is 2. The summed E-state index contributed by atoms with van der Waals surface area (Å²) >= 11 is 6.24. The van der Waals surface area contributed by atoms with E-state index in [4.69, 9.17) is 21.1 Å². The molecule has 1 aromatic heterocycles. The molecule has 34 heavy (non-hydrogen) atoms. The minimum Gasteiger partial charge on any atom is -0.507 e. The van der Waals surface area contributed by atoms with Crippen LogP contribution in [0, 0.1) is 0 Å². The molecule has 8 nitrogen and oxygen atoms in total. The molecule has 2 aromatic carbocycles. The summed E-state index contributed by atoms with van der Waals surface area (Å²) in [7, 11) is 3.03. The Bertz CT molecular complexity index is 1240. The van der Waals surface area contributed by atoms with Crippen LogP contribution in [-0.4, -0.2) is 52.0 Å². The van der Waals surface area contributed by atoms with Crippen molar-refractivity contribution < 1.29 is 24.2 Å². The normalized spacial score (nSPS) is 17.3. The lowest BCUT2D eigenvalue weighted by molar-refractivity contribution is -0.139. The van der Waals surface area contributed by atoms with Gasteiger partial charge >= 0.3 is 0 Å². The van der Waals surface area contributed by atoms with Gasteiger partial charge in [0.15, 0.2) is 0 Å². The Morgan fingerprint density at radius 2 is 1.94 bits per heavy atom. The van der Waals surface area contributed by atoms with Crippen molar-refractivity contribution in [2.45, 2.75) is 19.0 Å². The number of ketones is 1. The number of amides is 1. The summed E-state index contributed by atoms with van der Waals surface area (Å²) in [6, 6.07) is 11.0. The number of aliphatic hydroxyl groups excluding tert-OH is 1. The van der Waals surface area contributed by atoms with Crippen molar-refractivity contribution >= 4 is 29.1 Å². The second kappa shape index (κ2) is 10.0. The largest absolute Gasteiger partial charge is 0.507 e. The van der Waals surface area contributed by atoms with Crippen LogP contribution in [0.15, 0.2) is 66.8 Å². The van der Waals surface area contributed by atoms with Crippen LogP contribution >= 0.6 is 11.6 Å². The Morgan fingerprint density at radius 1 is 1.12 bits per heavy atom. The molecule has 0 spiro atoms. The minimum atomic E-state index is -0.779. The Balaban J connectivity index is 1.76. The monoisotopic (exact) mass is 481 g/mol. The summed E-state index contributed by atoms with van der Waals surface area (Å²) in [5.41, 5.74) is 0.972. The van der Waals surface area contributed by atoms with Gasteiger partial charge in [-0.05, 0) is 42.3 Å². The lowest BCUT2D eigenvalue weighted by atomic mass is 9.95. The number of aromatic nitrogens is 2. The van der Waals surface area contributed by atoms with E-state index in [2.05, 4.69) is 4.98 Å². The van der Waals surface area contributed by atoms with Gasteiger partial charge in [0.2, 0.25) is 0 Å². The number of aliphatic hydroxyl groups is 1. The predicted octanol–water partition coefficient (Wildman–Crippen LogP) is 4.07. The molecule has 1 atom stereocenters. The van der Waals surface area contributed by atoms with Crippen molar-refractivity contribution in [2.75, 3.05) is 20.8 Å². The van der Waals surface area contributed by atoms with E-state index in [-0.39, 0.29) is 16.4 Å². The quantitative estimate of drug-likeness (QED) is 0.296. The van der Waals surface area contributed by atoms with E-state index in [9.17, 15) is 14.7 Å². The summed E-state index contributed by atoms with van der Waals surface area (Å²) < 4.78 is 12.4. The Labute approximate surface area is 202 Å². The van der Waals surface area contributed by atoms with Gasteiger partial charge in [-0.1, -0.05) is 23.7 Å². The number of methoxy groups -OCH3 is 2. The molecule has 176 valence electrons. The van der Waals surface area contributed by atoms with Gasteiger partial charge < -0.3 is 24.0 Å². The van der Waals surface area contributed by atoms with Crippen molar-refractivity contribution in [1.82, 2.24) is 14.5 Å². The number of imidazole rings is 1. The fraction of sp³-hybridized carbons (Fsp3) is 0.240. The van der Waals surface area contributed by atoms with E-state index in [1.807, 2.05) is 10.8 Å². The summed E-state index contributed by atoms with van der Waals surface area (Å²) in [6.07, 6.45) is 5.81. The molecule has 1 unspecified atom stereocenters. The fourth-order valence-electron chi connectivity index (χ4n) is 4.08. The third-order valence-corrected chi connectivity index (χ3v) is 6.04. The van der Waals surface area contributed by atoms with Crippen LogP contribution in [-0.2, 0) is 16.1 Å². The van der Waals surface area contributed by atoms with Crippen molar-refractivity contribution in [1.29, 1.82) is 0 Å². The number of nitrogens with zero attached hydrogens (tertiary/aromatic N) is 3. The van der Waals surface area contributed by atoms with Gasteiger partial charge in [0.1, 0.15) is 17.3 Å². The number of hydrogen-bond donors (Lipinski definition) is 1. The van der Waals surface area contributed by atoms with Gasteiger partial charge in [0, 0.05) is 31.0 Å². The Hall–Kier alpha value is -3.78. The number of benzene rings is 2. The van der Waals surface area contributed by atoms with Crippen molar-refractivity contribution in [3.63, 3.8) is 0 Å². The third kappa shape index (κ3) is 4.49. The number of Topliss-reactive ketones (excluding diaryl/α,β-unsaturated/α-hetero) is 1. The standard InChI is InChI=1S/C25H24ClN3O5/c1-33-18-6-3-5-16(13-18)22-21(23(30)17-7-8-20(34-2)19(26)14-17)24(31)25(32)29(22)11-4-10-28-12-9-27-15-28/h3,5-9,12-15,22,30H,4,10-11H2,1-2H3/b23-21+. The molecular formula is C25H24ClN3O5. The van der Waals surface area contributed by atoms with Crippen molar-refractivity contribution in [2.24, 2.45) is 0 Å². The van der Waals surface area contributed by atoms with Crippen LogP contribution in [0.25, 0.3) is 5.76 Å². The number of carbonyl (C=O) groups is 2. The van der Waals surface area contributed by atoms with E-state index in [1.54, 1.807) is 56.0 Å². The Kier molecular flexibility index (Phi) is 6.88. The van der Waals surface area contributed by atoms with Gasteiger partial charge in [0.25, 0.3) is 11.7 Å². The maximum atomic E-state index is 13.2. The molecule has 1 fully saturated rings. The van der Waals surface area contributed by atoms with Crippen LogP contribution in [0.1, 0.15) is 23.6 Å². The van der Waals surface area contributed by atoms with Gasteiger partial charge in [-0.3, -0.25) is 9.59 Å². The molecule has 1 N–H and O–H groups in total. The molecule has 1 amide bonds. The first-order valence-electron chi connectivity index (χ1n) is 10.7. The van der Waals surface area contributed by atoms with Gasteiger partial charge in [-0.15, -0.1) is 0 Å². The first-order chi connectivity index (χ1) is 16.4. The maximum Gasteiger partial charge on any atom is 0.295 e. The van der Waals surface area contributed by atoms with E-state index < -0.39 is 17.7 Å². The van der Waals surface area contributed by atoms with Gasteiger partial charge in [-0.2, -0.15) is 0 Å². The number of ether oxygens (including phenoxy) is 2. The maximum absolute atomic E-state index is 13.2. The number of halogens is 1. The zero-order valence-corrected chi connectivity index (χ0v) is 19.5. The molecule has 3 aromatic rings. The molecule has 4 rings (SSSR count). The van der Waals surface area contributed by atoms with Crippen LogP contribution in [0.2, 0.25) is 5.02 Å². The number of likely N-dealkylation sites (tertiary alicyclic amines) is 1. The van der Waals surface area contributed by atoms with Crippen LogP contribution in [0.3, 0.4) is 0 Å². The molecule has 2 heterocycles. The highest BCUT2D eigenvalue weighted by Gasteiger charge is 2.45. The summed E-state index contributed by atoms with van der Waals surface area (Å²) in [6.45, 7) is 0.937. The minimum absolute atomic E-state index is 0.00196. The molecular weight excluding hydrogens is 458 g/mol.